The summed E-state index contributed by atoms with van der Waals surface area (Å²) in [7, 11) is -3.11. The molecule has 1 aromatic carbocycles. The molecule has 0 spiro atoms. The number of amides is 1. The van der Waals surface area contributed by atoms with Crippen LogP contribution in [0.15, 0.2) is 24.3 Å². The molecule has 1 amide bonds. The number of ether oxygens (including phenoxy) is 1. The SMILES string of the molecule is CCCN(C(=O)COC(=O)c1ccccc1O)[C@H]1CCS(=O)(=O)C1. The average molecular weight is 355 g/mol. The van der Waals surface area contributed by atoms with Crippen LogP contribution in [0.4, 0.5) is 0 Å². The number of nitrogens with zero attached hydrogens (tertiary/aromatic N) is 1. The highest BCUT2D eigenvalue weighted by atomic mass is 32.2. The van der Waals surface area contributed by atoms with Gasteiger partial charge in [0.15, 0.2) is 16.4 Å². The second-order valence-electron chi connectivity index (χ2n) is 5.74. The fraction of sp³-hybridized carbons (Fsp3) is 0.500. The number of aromatic hydroxyl groups is 1. The Morgan fingerprint density at radius 2 is 2.04 bits per heavy atom. The zero-order valence-corrected chi connectivity index (χ0v) is 14.3. The maximum atomic E-state index is 12.3. The van der Waals surface area contributed by atoms with Gasteiger partial charge in [-0.15, -0.1) is 0 Å². The van der Waals surface area contributed by atoms with Crippen LogP contribution in [-0.4, -0.2) is 61.0 Å². The largest absolute Gasteiger partial charge is 0.507 e. The molecule has 1 heterocycles. The Morgan fingerprint density at radius 1 is 1.33 bits per heavy atom. The van der Waals surface area contributed by atoms with Crippen LogP contribution in [0.2, 0.25) is 0 Å². The maximum absolute atomic E-state index is 12.3. The molecule has 132 valence electrons. The van der Waals surface area contributed by atoms with Crippen molar-refractivity contribution in [2.45, 2.75) is 25.8 Å². The Hall–Kier alpha value is -2.09. The van der Waals surface area contributed by atoms with E-state index in [9.17, 15) is 23.1 Å². The Kier molecular flexibility index (Phi) is 5.82. The second kappa shape index (κ2) is 7.65. The van der Waals surface area contributed by atoms with Gasteiger partial charge in [-0.1, -0.05) is 19.1 Å². The van der Waals surface area contributed by atoms with Gasteiger partial charge in [0.05, 0.1) is 11.5 Å². The first kappa shape index (κ1) is 18.3. The van der Waals surface area contributed by atoms with Gasteiger partial charge in [0.2, 0.25) is 0 Å². The summed E-state index contributed by atoms with van der Waals surface area (Å²) in [4.78, 5) is 25.7. The Balaban J connectivity index is 1.98. The molecule has 1 aliphatic rings. The van der Waals surface area contributed by atoms with E-state index in [1.807, 2.05) is 6.92 Å². The summed E-state index contributed by atoms with van der Waals surface area (Å²) in [5.74, 6) is -1.42. The van der Waals surface area contributed by atoms with E-state index in [0.29, 0.717) is 19.4 Å². The molecule has 24 heavy (non-hydrogen) atoms. The molecule has 1 aliphatic heterocycles. The fourth-order valence-corrected chi connectivity index (χ4v) is 4.44. The molecule has 2 rings (SSSR count). The van der Waals surface area contributed by atoms with E-state index in [2.05, 4.69) is 0 Å². The van der Waals surface area contributed by atoms with Gasteiger partial charge in [-0.25, -0.2) is 13.2 Å². The Morgan fingerprint density at radius 3 is 2.62 bits per heavy atom. The predicted octanol–water partition coefficient (Wildman–Crippen LogP) is 0.975. The van der Waals surface area contributed by atoms with Crippen molar-refractivity contribution < 1.29 is 27.9 Å². The summed E-state index contributed by atoms with van der Waals surface area (Å²) in [6, 6.07) is 5.53. The fourth-order valence-electron chi connectivity index (χ4n) is 2.71. The van der Waals surface area contributed by atoms with Gasteiger partial charge in [-0.05, 0) is 25.0 Å². The normalized spacial score (nSPS) is 19.0. The summed E-state index contributed by atoms with van der Waals surface area (Å²) < 4.78 is 28.2. The van der Waals surface area contributed by atoms with E-state index >= 15 is 0 Å². The van der Waals surface area contributed by atoms with E-state index in [1.54, 1.807) is 12.1 Å². The summed E-state index contributed by atoms with van der Waals surface area (Å²) in [6.45, 7) is 1.81. The molecule has 8 heteroatoms. The van der Waals surface area contributed by atoms with E-state index in [4.69, 9.17) is 4.74 Å². The van der Waals surface area contributed by atoms with Crippen LogP contribution in [-0.2, 0) is 19.4 Å². The summed E-state index contributed by atoms with van der Waals surface area (Å²) in [5, 5.41) is 9.61. The number of rotatable bonds is 6. The van der Waals surface area contributed by atoms with Crippen molar-refractivity contribution in [2.24, 2.45) is 0 Å². The summed E-state index contributed by atoms with van der Waals surface area (Å²) in [6.07, 6.45) is 1.08. The number of phenols is 1. The van der Waals surface area contributed by atoms with Crippen molar-refractivity contribution in [3.63, 3.8) is 0 Å². The molecule has 0 aromatic heterocycles. The molecule has 1 N–H and O–H groups in total. The third-order valence-electron chi connectivity index (χ3n) is 3.88. The Bertz CT molecular complexity index is 715. The lowest BCUT2D eigenvalue weighted by atomic mass is 10.2. The van der Waals surface area contributed by atoms with Gasteiger partial charge >= 0.3 is 5.97 Å². The third kappa shape index (κ3) is 4.47. The molecule has 0 saturated carbocycles. The minimum absolute atomic E-state index is 0.0178. The van der Waals surface area contributed by atoms with Crippen LogP contribution in [0.3, 0.4) is 0 Å². The number of carbonyl (C=O) groups excluding carboxylic acids is 2. The van der Waals surface area contributed by atoms with Gasteiger partial charge in [0.25, 0.3) is 5.91 Å². The van der Waals surface area contributed by atoms with Crippen LogP contribution in [0, 0.1) is 0 Å². The minimum atomic E-state index is -3.11. The number of phenolic OH excluding ortho intramolecular Hbond substituents is 1. The Labute approximate surface area is 141 Å². The topological polar surface area (TPSA) is 101 Å². The molecule has 0 radical (unpaired) electrons. The lowest BCUT2D eigenvalue weighted by molar-refractivity contribution is -0.136. The highest BCUT2D eigenvalue weighted by molar-refractivity contribution is 7.91. The molecular formula is C16H21NO6S. The van der Waals surface area contributed by atoms with Crippen molar-refractivity contribution in [2.75, 3.05) is 24.7 Å². The van der Waals surface area contributed by atoms with Gasteiger partial charge in [0, 0.05) is 12.6 Å². The first-order valence-corrected chi connectivity index (χ1v) is 9.61. The first-order chi connectivity index (χ1) is 11.3. The van der Waals surface area contributed by atoms with Crippen molar-refractivity contribution in [3.8, 4) is 5.75 Å². The molecule has 1 fully saturated rings. The van der Waals surface area contributed by atoms with Crippen LogP contribution in [0.1, 0.15) is 30.1 Å². The zero-order chi connectivity index (χ0) is 17.7. The summed E-state index contributed by atoms with van der Waals surface area (Å²) >= 11 is 0. The van der Waals surface area contributed by atoms with Crippen molar-refractivity contribution in [1.29, 1.82) is 0 Å². The molecule has 0 unspecified atom stereocenters. The number of hydrogen-bond acceptors (Lipinski definition) is 6. The zero-order valence-electron chi connectivity index (χ0n) is 13.5. The van der Waals surface area contributed by atoms with E-state index in [-0.39, 0.29) is 28.9 Å². The third-order valence-corrected chi connectivity index (χ3v) is 5.64. The number of hydrogen-bond donors (Lipinski definition) is 1. The molecule has 0 bridgehead atoms. The lowest BCUT2D eigenvalue weighted by Crippen LogP contribution is -2.43. The number of esters is 1. The smallest absolute Gasteiger partial charge is 0.342 e. The van der Waals surface area contributed by atoms with Gasteiger partial charge < -0.3 is 14.7 Å². The number of carbonyl (C=O) groups is 2. The quantitative estimate of drug-likeness (QED) is 0.763. The van der Waals surface area contributed by atoms with E-state index in [0.717, 1.165) is 0 Å². The van der Waals surface area contributed by atoms with E-state index < -0.39 is 28.3 Å². The average Bonchev–Trinajstić information content (AvgIpc) is 2.90. The van der Waals surface area contributed by atoms with Gasteiger partial charge in [-0.2, -0.15) is 0 Å². The number of para-hydroxylation sites is 1. The molecule has 1 aromatic rings. The van der Waals surface area contributed by atoms with Crippen LogP contribution in [0.5, 0.6) is 5.75 Å². The highest BCUT2D eigenvalue weighted by Gasteiger charge is 2.34. The molecular weight excluding hydrogens is 334 g/mol. The van der Waals surface area contributed by atoms with Crippen molar-refractivity contribution in [3.05, 3.63) is 29.8 Å². The van der Waals surface area contributed by atoms with Gasteiger partial charge in [-0.3, -0.25) is 4.79 Å². The van der Waals surface area contributed by atoms with Crippen molar-refractivity contribution >= 4 is 21.7 Å². The molecule has 0 aliphatic carbocycles. The molecule has 1 atom stereocenters. The van der Waals surface area contributed by atoms with Gasteiger partial charge in [0.1, 0.15) is 11.3 Å². The van der Waals surface area contributed by atoms with Crippen molar-refractivity contribution in [1.82, 2.24) is 4.90 Å². The summed E-state index contributed by atoms with van der Waals surface area (Å²) in [5.41, 5.74) is -0.0178. The first-order valence-electron chi connectivity index (χ1n) is 7.79. The highest BCUT2D eigenvalue weighted by Crippen LogP contribution is 2.19. The monoisotopic (exact) mass is 355 g/mol. The van der Waals surface area contributed by atoms with E-state index in [1.165, 1.54) is 17.0 Å². The molecule has 7 nitrogen and oxygen atoms in total. The lowest BCUT2D eigenvalue weighted by Gasteiger charge is -2.27. The second-order valence-corrected chi connectivity index (χ2v) is 7.97. The minimum Gasteiger partial charge on any atom is -0.507 e. The maximum Gasteiger partial charge on any atom is 0.342 e. The number of sulfone groups is 1. The number of benzene rings is 1. The van der Waals surface area contributed by atoms with Crippen LogP contribution < -0.4 is 0 Å². The predicted molar refractivity (Wildman–Crippen MR) is 87.5 cm³/mol. The van der Waals surface area contributed by atoms with Crippen LogP contribution in [0.25, 0.3) is 0 Å². The molecule has 1 saturated heterocycles. The van der Waals surface area contributed by atoms with Crippen LogP contribution >= 0.6 is 0 Å². The standard InChI is InChI=1S/C16H21NO6S/c1-2-8-17(12-7-9-24(21,22)11-12)15(19)10-23-16(20)13-5-3-4-6-14(13)18/h3-6,12,18H,2,7-11H2,1H3/t12-/m0/s1.